The molecule has 0 aromatic heterocycles. The zero-order valence-electron chi connectivity index (χ0n) is 10.6. The molecule has 0 radical (unpaired) electrons. The number of anilines is 1. The number of hydrogen-bond donors (Lipinski definition) is 3. The number of primary amides is 1. The zero-order valence-corrected chi connectivity index (χ0v) is 10.6. The van der Waals surface area contributed by atoms with Gasteiger partial charge < -0.3 is 16.4 Å². The summed E-state index contributed by atoms with van der Waals surface area (Å²) in [6, 6.07) is 3.50. The molecule has 6 nitrogen and oxygen atoms in total. The number of amides is 3. The quantitative estimate of drug-likeness (QED) is 0.746. The predicted octanol–water partition coefficient (Wildman–Crippen LogP) is 0.389. The van der Waals surface area contributed by atoms with Gasteiger partial charge in [0, 0.05) is 18.5 Å². The Morgan fingerprint density at radius 1 is 1.40 bits per heavy atom. The van der Waals surface area contributed by atoms with Crippen molar-refractivity contribution in [2.75, 3.05) is 11.9 Å². The molecule has 1 heterocycles. The molecule has 0 bridgehead atoms. The van der Waals surface area contributed by atoms with Crippen LogP contribution in [0.2, 0.25) is 0 Å². The first-order valence-corrected chi connectivity index (χ1v) is 6.14. The molecule has 7 heteroatoms. The van der Waals surface area contributed by atoms with Crippen molar-refractivity contribution in [3.05, 3.63) is 29.6 Å². The second kappa shape index (κ2) is 5.68. The van der Waals surface area contributed by atoms with E-state index in [2.05, 4.69) is 10.6 Å². The van der Waals surface area contributed by atoms with Crippen molar-refractivity contribution in [1.29, 1.82) is 0 Å². The molecule has 1 unspecified atom stereocenters. The molecule has 20 heavy (non-hydrogen) atoms. The first-order valence-electron chi connectivity index (χ1n) is 6.14. The van der Waals surface area contributed by atoms with Gasteiger partial charge in [0.25, 0.3) is 0 Å². The topological polar surface area (TPSA) is 101 Å². The normalized spacial score (nSPS) is 18.2. The van der Waals surface area contributed by atoms with Crippen LogP contribution in [0.4, 0.5) is 10.1 Å². The van der Waals surface area contributed by atoms with Gasteiger partial charge in [-0.25, -0.2) is 4.39 Å². The summed E-state index contributed by atoms with van der Waals surface area (Å²) in [5, 5.41) is 4.99. The summed E-state index contributed by atoms with van der Waals surface area (Å²) in [5.41, 5.74) is 5.12. The third-order valence-electron chi connectivity index (χ3n) is 3.15. The third kappa shape index (κ3) is 3.11. The number of nitrogens with two attached hydrogens (primary N) is 1. The molecule has 1 aliphatic rings. The number of piperidine rings is 1. The van der Waals surface area contributed by atoms with E-state index in [1.807, 2.05) is 0 Å². The van der Waals surface area contributed by atoms with Gasteiger partial charge in [0.05, 0.1) is 11.6 Å². The summed E-state index contributed by atoms with van der Waals surface area (Å²) >= 11 is 0. The predicted molar refractivity (Wildman–Crippen MR) is 69.3 cm³/mol. The van der Waals surface area contributed by atoms with Crippen molar-refractivity contribution in [1.82, 2.24) is 5.32 Å². The second-order valence-electron chi connectivity index (χ2n) is 4.59. The molecule has 1 aromatic carbocycles. The Morgan fingerprint density at radius 3 is 2.75 bits per heavy atom. The molecule has 106 valence electrons. The Morgan fingerprint density at radius 2 is 2.15 bits per heavy atom. The maximum absolute atomic E-state index is 13.6. The van der Waals surface area contributed by atoms with E-state index < -0.39 is 23.5 Å². The van der Waals surface area contributed by atoms with Gasteiger partial charge in [0.15, 0.2) is 0 Å². The standard InChI is InChI=1S/C13H14FN3O3/c14-9-3-1-7(12(15)19)5-10(9)17-13(20)8-2-4-11(18)16-6-8/h1,3,5,8H,2,4,6H2,(H2,15,19)(H,16,18)(H,17,20). The number of benzene rings is 1. The fourth-order valence-electron chi connectivity index (χ4n) is 1.97. The Kier molecular flexibility index (Phi) is 3.97. The lowest BCUT2D eigenvalue weighted by Gasteiger charge is -2.21. The van der Waals surface area contributed by atoms with Crippen molar-refractivity contribution in [3.8, 4) is 0 Å². The van der Waals surface area contributed by atoms with Crippen LogP contribution in [0.15, 0.2) is 18.2 Å². The van der Waals surface area contributed by atoms with Crippen LogP contribution >= 0.6 is 0 Å². The molecule has 1 atom stereocenters. The number of carbonyl (C=O) groups excluding carboxylic acids is 3. The highest BCUT2D eigenvalue weighted by atomic mass is 19.1. The van der Waals surface area contributed by atoms with E-state index in [1.165, 1.54) is 12.1 Å². The molecule has 1 saturated heterocycles. The average molecular weight is 279 g/mol. The minimum Gasteiger partial charge on any atom is -0.366 e. The lowest BCUT2D eigenvalue weighted by Crippen LogP contribution is -2.40. The molecule has 4 N–H and O–H groups in total. The van der Waals surface area contributed by atoms with E-state index >= 15 is 0 Å². The van der Waals surface area contributed by atoms with Crippen LogP contribution in [0.3, 0.4) is 0 Å². The van der Waals surface area contributed by atoms with Crippen LogP contribution in [-0.4, -0.2) is 24.3 Å². The lowest BCUT2D eigenvalue weighted by molar-refractivity contribution is -0.126. The molecule has 0 aliphatic carbocycles. The number of nitrogens with one attached hydrogen (secondary N) is 2. The maximum atomic E-state index is 13.6. The molecule has 0 saturated carbocycles. The van der Waals surface area contributed by atoms with Crippen LogP contribution in [-0.2, 0) is 9.59 Å². The SMILES string of the molecule is NC(=O)c1ccc(F)c(NC(=O)C2CCC(=O)NC2)c1. The van der Waals surface area contributed by atoms with Gasteiger partial charge in [-0.1, -0.05) is 0 Å². The minimum absolute atomic E-state index is 0.0943. The van der Waals surface area contributed by atoms with Crippen LogP contribution in [0.5, 0.6) is 0 Å². The van der Waals surface area contributed by atoms with Crippen molar-refractivity contribution >= 4 is 23.4 Å². The van der Waals surface area contributed by atoms with E-state index in [9.17, 15) is 18.8 Å². The van der Waals surface area contributed by atoms with Crippen molar-refractivity contribution < 1.29 is 18.8 Å². The van der Waals surface area contributed by atoms with Gasteiger partial charge in [-0.2, -0.15) is 0 Å². The molecule has 0 spiro atoms. The minimum atomic E-state index is -0.703. The highest BCUT2D eigenvalue weighted by molar-refractivity contribution is 5.97. The summed E-state index contributed by atoms with van der Waals surface area (Å²) in [6.07, 6.45) is 0.677. The Hall–Kier alpha value is -2.44. The summed E-state index contributed by atoms with van der Waals surface area (Å²) < 4.78 is 13.6. The summed E-state index contributed by atoms with van der Waals surface area (Å²) in [4.78, 5) is 34.0. The van der Waals surface area contributed by atoms with Crippen molar-refractivity contribution in [2.45, 2.75) is 12.8 Å². The zero-order chi connectivity index (χ0) is 14.7. The fraction of sp³-hybridized carbons (Fsp3) is 0.308. The van der Waals surface area contributed by atoms with E-state index in [-0.39, 0.29) is 30.1 Å². The van der Waals surface area contributed by atoms with E-state index in [0.29, 0.717) is 6.42 Å². The largest absolute Gasteiger partial charge is 0.366 e. The monoisotopic (exact) mass is 279 g/mol. The van der Waals surface area contributed by atoms with Gasteiger partial charge in [0.1, 0.15) is 5.82 Å². The van der Waals surface area contributed by atoms with Gasteiger partial charge >= 0.3 is 0 Å². The van der Waals surface area contributed by atoms with Crippen molar-refractivity contribution in [2.24, 2.45) is 11.7 Å². The van der Waals surface area contributed by atoms with E-state index in [0.717, 1.165) is 6.07 Å². The smallest absolute Gasteiger partial charge is 0.248 e. The van der Waals surface area contributed by atoms with E-state index in [1.54, 1.807) is 0 Å². The summed E-state index contributed by atoms with van der Waals surface area (Å²) in [5.74, 6) is -2.26. The second-order valence-corrected chi connectivity index (χ2v) is 4.59. The summed E-state index contributed by atoms with van der Waals surface area (Å²) in [7, 11) is 0. The highest BCUT2D eigenvalue weighted by Crippen LogP contribution is 2.19. The van der Waals surface area contributed by atoms with Crippen LogP contribution in [0, 0.1) is 11.7 Å². The molecule has 3 amide bonds. The molecular formula is C13H14FN3O3. The fourth-order valence-corrected chi connectivity index (χ4v) is 1.97. The van der Waals surface area contributed by atoms with Gasteiger partial charge in [-0.3, -0.25) is 14.4 Å². The van der Waals surface area contributed by atoms with Crippen LogP contribution in [0.1, 0.15) is 23.2 Å². The van der Waals surface area contributed by atoms with Crippen molar-refractivity contribution in [3.63, 3.8) is 0 Å². The number of halogens is 1. The first kappa shape index (κ1) is 14.0. The van der Waals surface area contributed by atoms with Gasteiger partial charge in [-0.05, 0) is 24.6 Å². The average Bonchev–Trinajstić information content (AvgIpc) is 2.41. The van der Waals surface area contributed by atoms with Crippen LogP contribution in [0.25, 0.3) is 0 Å². The number of rotatable bonds is 3. The summed E-state index contributed by atoms with van der Waals surface area (Å²) in [6.45, 7) is 0.224. The number of carbonyl (C=O) groups is 3. The highest BCUT2D eigenvalue weighted by Gasteiger charge is 2.25. The molecule has 2 rings (SSSR count). The maximum Gasteiger partial charge on any atom is 0.248 e. The Balaban J connectivity index is 2.09. The van der Waals surface area contributed by atoms with E-state index in [4.69, 9.17) is 5.73 Å². The van der Waals surface area contributed by atoms with Crippen LogP contribution < -0.4 is 16.4 Å². The molecule has 1 fully saturated rings. The Labute approximate surface area is 114 Å². The number of hydrogen-bond acceptors (Lipinski definition) is 3. The lowest BCUT2D eigenvalue weighted by atomic mass is 9.98. The van der Waals surface area contributed by atoms with Gasteiger partial charge in [-0.15, -0.1) is 0 Å². The first-order chi connectivity index (χ1) is 9.47. The molecular weight excluding hydrogens is 265 g/mol. The molecule has 1 aromatic rings. The van der Waals surface area contributed by atoms with Gasteiger partial charge in [0.2, 0.25) is 17.7 Å². The third-order valence-corrected chi connectivity index (χ3v) is 3.15. The molecule has 1 aliphatic heterocycles. The Bertz CT molecular complexity index is 564.